The highest BCUT2D eigenvalue weighted by molar-refractivity contribution is 7.88. The maximum Gasteiger partial charge on any atom is 0.335 e. The lowest BCUT2D eigenvalue weighted by molar-refractivity contribution is 0.0697. The van der Waals surface area contributed by atoms with Crippen LogP contribution in [0.3, 0.4) is 0 Å². The Labute approximate surface area is 146 Å². The van der Waals surface area contributed by atoms with Gasteiger partial charge in [-0.05, 0) is 25.0 Å². The van der Waals surface area contributed by atoms with Crippen LogP contribution >= 0.6 is 0 Å². The first-order valence-electron chi connectivity index (χ1n) is 7.96. The molecule has 1 aromatic heterocycles. The number of carboxylic acid groups (broad SMARTS) is 1. The van der Waals surface area contributed by atoms with Crippen molar-refractivity contribution in [3.8, 4) is 11.3 Å². The summed E-state index contributed by atoms with van der Waals surface area (Å²) in [7, 11) is -3.18. The van der Waals surface area contributed by atoms with Crippen LogP contribution in [0.4, 0.5) is 0 Å². The lowest BCUT2D eigenvalue weighted by Crippen LogP contribution is -2.37. The van der Waals surface area contributed by atoms with Crippen molar-refractivity contribution in [3.05, 3.63) is 47.9 Å². The summed E-state index contributed by atoms with van der Waals surface area (Å²) in [4.78, 5) is 20.1. The van der Waals surface area contributed by atoms with E-state index in [1.165, 1.54) is 16.6 Å². The molecule has 132 valence electrons. The van der Waals surface area contributed by atoms with Gasteiger partial charge in [0.05, 0.1) is 23.2 Å². The number of rotatable bonds is 4. The van der Waals surface area contributed by atoms with Gasteiger partial charge in [-0.25, -0.2) is 17.5 Å². The van der Waals surface area contributed by atoms with Crippen molar-refractivity contribution in [2.75, 3.05) is 19.3 Å². The summed E-state index contributed by atoms with van der Waals surface area (Å²) >= 11 is 0. The Morgan fingerprint density at radius 2 is 1.88 bits per heavy atom. The third kappa shape index (κ3) is 3.85. The normalized spacial score (nSPS) is 16.7. The zero-order valence-corrected chi connectivity index (χ0v) is 14.6. The average Bonchev–Trinajstić information content (AvgIpc) is 2.61. The molecule has 0 amide bonds. The van der Waals surface area contributed by atoms with Crippen LogP contribution in [-0.4, -0.2) is 53.1 Å². The Balaban J connectivity index is 1.90. The summed E-state index contributed by atoms with van der Waals surface area (Å²) in [5.41, 5.74) is 2.34. The molecule has 0 atom stereocenters. The molecular formula is C17H19N3O4S. The molecule has 0 radical (unpaired) electrons. The molecule has 0 unspecified atom stereocenters. The van der Waals surface area contributed by atoms with Gasteiger partial charge in [-0.3, -0.25) is 9.97 Å². The Morgan fingerprint density at radius 3 is 2.52 bits per heavy atom. The fourth-order valence-electron chi connectivity index (χ4n) is 3.13. The van der Waals surface area contributed by atoms with E-state index >= 15 is 0 Å². The largest absolute Gasteiger partial charge is 0.478 e. The van der Waals surface area contributed by atoms with Gasteiger partial charge in [0.2, 0.25) is 10.0 Å². The van der Waals surface area contributed by atoms with Crippen LogP contribution in [-0.2, 0) is 10.0 Å². The van der Waals surface area contributed by atoms with Gasteiger partial charge in [0.1, 0.15) is 0 Å². The molecular weight excluding hydrogens is 342 g/mol. The monoisotopic (exact) mass is 361 g/mol. The first-order chi connectivity index (χ1) is 11.9. The number of carboxylic acids is 1. The number of sulfonamides is 1. The maximum absolute atomic E-state index is 11.7. The van der Waals surface area contributed by atoms with Gasteiger partial charge in [-0.1, -0.05) is 12.1 Å². The van der Waals surface area contributed by atoms with Crippen LogP contribution in [0.1, 0.15) is 34.8 Å². The molecule has 1 saturated heterocycles. The van der Waals surface area contributed by atoms with E-state index in [9.17, 15) is 18.3 Å². The van der Waals surface area contributed by atoms with Gasteiger partial charge in [-0.2, -0.15) is 0 Å². The average molecular weight is 361 g/mol. The zero-order valence-electron chi connectivity index (χ0n) is 13.8. The molecule has 2 aromatic rings. The zero-order chi connectivity index (χ0) is 18.0. The summed E-state index contributed by atoms with van der Waals surface area (Å²) in [6.07, 6.45) is 5.74. The molecule has 0 saturated carbocycles. The highest BCUT2D eigenvalue weighted by Gasteiger charge is 2.28. The van der Waals surface area contributed by atoms with E-state index < -0.39 is 16.0 Å². The first kappa shape index (κ1) is 17.5. The molecule has 1 N–H and O–H groups in total. The standard InChI is InChI=1S/C17H19N3O4S/c1-25(23,24)20-9-5-12(6-10-20)15-16(19-8-7-18-15)13-3-2-4-14(11-13)17(21)22/h2-4,7-8,11-12H,5-6,9-10H2,1H3,(H,21,22). The van der Waals surface area contributed by atoms with Crippen molar-refractivity contribution in [1.29, 1.82) is 0 Å². The van der Waals surface area contributed by atoms with E-state index in [2.05, 4.69) is 9.97 Å². The molecule has 3 rings (SSSR count). The van der Waals surface area contributed by atoms with Gasteiger partial charge < -0.3 is 5.11 Å². The second kappa shape index (κ2) is 6.89. The highest BCUT2D eigenvalue weighted by Crippen LogP contribution is 2.33. The lowest BCUT2D eigenvalue weighted by Gasteiger charge is -2.30. The first-order valence-corrected chi connectivity index (χ1v) is 9.81. The molecule has 7 nitrogen and oxygen atoms in total. The minimum atomic E-state index is -3.18. The molecule has 25 heavy (non-hydrogen) atoms. The van der Waals surface area contributed by atoms with Crippen LogP contribution < -0.4 is 0 Å². The van der Waals surface area contributed by atoms with Gasteiger partial charge in [0.25, 0.3) is 0 Å². The predicted molar refractivity (Wildman–Crippen MR) is 92.8 cm³/mol. The number of piperidine rings is 1. The predicted octanol–water partition coefficient (Wildman–Crippen LogP) is 1.98. The number of aromatic nitrogens is 2. The van der Waals surface area contributed by atoms with Gasteiger partial charge in [0.15, 0.2) is 0 Å². The second-order valence-electron chi connectivity index (χ2n) is 6.11. The van der Waals surface area contributed by atoms with Crippen molar-refractivity contribution in [2.24, 2.45) is 0 Å². The summed E-state index contributed by atoms with van der Waals surface area (Å²) in [5, 5.41) is 9.18. The smallest absolute Gasteiger partial charge is 0.335 e. The molecule has 8 heteroatoms. The fraction of sp³-hybridized carbons (Fsp3) is 0.353. The van der Waals surface area contributed by atoms with E-state index in [1.54, 1.807) is 24.5 Å². The molecule has 0 aliphatic carbocycles. The highest BCUT2D eigenvalue weighted by atomic mass is 32.2. The van der Waals surface area contributed by atoms with Crippen LogP contribution in [0.5, 0.6) is 0 Å². The number of hydrogen-bond acceptors (Lipinski definition) is 5. The number of hydrogen-bond donors (Lipinski definition) is 1. The molecule has 1 fully saturated rings. The number of aromatic carboxylic acids is 1. The molecule has 1 aliphatic heterocycles. The van der Waals surface area contributed by atoms with Gasteiger partial charge >= 0.3 is 5.97 Å². The van der Waals surface area contributed by atoms with E-state index in [0.717, 1.165) is 5.69 Å². The Bertz CT molecular complexity index is 890. The van der Waals surface area contributed by atoms with Crippen molar-refractivity contribution in [3.63, 3.8) is 0 Å². The molecule has 0 spiro atoms. The van der Waals surface area contributed by atoms with Crippen LogP contribution in [0.25, 0.3) is 11.3 Å². The van der Waals surface area contributed by atoms with E-state index in [1.807, 2.05) is 6.07 Å². The Kier molecular flexibility index (Phi) is 4.82. The fourth-order valence-corrected chi connectivity index (χ4v) is 4.00. The topological polar surface area (TPSA) is 100 Å². The van der Waals surface area contributed by atoms with Crippen molar-refractivity contribution >= 4 is 16.0 Å². The van der Waals surface area contributed by atoms with Crippen LogP contribution in [0, 0.1) is 0 Å². The van der Waals surface area contributed by atoms with Crippen LogP contribution in [0.15, 0.2) is 36.7 Å². The molecule has 1 aliphatic rings. The van der Waals surface area contributed by atoms with Gasteiger partial charge in [-0.15, -0.1) is 0 Å². The van der Waals surface area contributed by atoms with Gasteiger partial charge in [0, 0.05) is 37.0 Å². The Morgan fingerprint density at radius 1 is 1.20 bits per heavy atom. The summed E-state index contributed by atoms with van der Waals surface area (Å²) in [6, 6.07) is 6.61. The number of benzene rings is 1. The van der Waals surface area contributed by atoms with E-state index in [4.69, 9.17) is 0 Å². The summed E-state index contributed by atoms with van der Waals surface area (Å²) in [5.74, 6) is -0.899. The molecule has 1 aromatic carbocycles. The minimum absolute atomic E-state index is 0.0928. The molecule has 2 heterocycles. The summed E-state index contributed by atoms with van der Waals surface area (Å²) in [6.45, 7) is 0.906. The lowest BCUT2D eigenvalue weighted by atomic mass is 9.91. The SMILES string of the molecule is CS(=O)(=O)N1CCC(c2nccnc2-c2cccc(C(=O)O)c2)CC1. The van der Waals surface area contributed by atoms with E-state index in [-0.39, 0.29) is 11.5 Å². The van der Waals surface area contributed by atoms with E-state index in [0.29, 0.717) is 37.2 Å². The summed E-state index contributed by atoms with van der Waals surface area (Å²) < 4.78 is 24.8. The third-order valence-electron chi connectivity index (χ3n) is 4.42. The molecule has 0 bridgehead atoms. The number of carbonyl (C=O) groups is 1. The maximum atomic E-state index is 11.7. The third-order valence-corrected chi connectivity index (χ3v) is 5.72. The quantitative estimate of drug-likeness (QED) is 0.894. The Hall–Kier alpha value is -2.32. The number of nitrogens with zero attached hydrogens (tertiary/aromatic N) is 3. The second-order valence-corrected chi connectivity index (χ2v) is 8.09. The van der Waals surface area contributed by atoms with Crippen molar-refractivity contribution < 1.29 is 18.3 Å². The van der Waals surface area contributed by atoms with Crippen LogP contribution in [0.2, 0.25) is 0 Å². The van der Waals surface area contributed by atoms with Crippen molar-refractivity contribution in [1.82, 2.24) is 14.3 Å². The minimum Gasteiger partial charge on any atom is -0.478 e. The van der Waals surface area contributed by atoms with Crippen molar-refractivity contribution in [2.45, 2.75) is 18.8 Å².